The summed E-state index contributed by atoms with van der Waals surface area (Å²) in [6.45, 7) is 0. The fraction of sp³-hybridized carbons (Fsp3) is 0. The van der Waals surface area contributed by atoms with Crippen molar-refractivity contribution in [2.75, 3.05) is 0 Å². The Kier molecular flexibility index (Phi) is 28.8. The maximum absolute atomic E-state index is 5.77. The van der Waals surface area contributed by atoms with E-state index in [1.165, 1.54) is 25.4 Å². The van der Waals surface area contributed by atoms with Gasteiger partial charge in [-0.15, -0.1) is 0 Å². The van der Waals surface area contributed by atoms with Gasteiger partial charge in [-0.25, -0.2) is 0 Å². The quantitative estimate of drug-likeness (QED) is 0.0660. The molecule has 8 aromatic rings. The average Bonchev–Trinajstić information content (AvgIpc) is 3.35. The maximum atomic E-state index is 5.77. The molecule has 0 spiro atoms. The number of benzene rings is 8. The minimum atomic E-state index is 0. The Morgan fingerprint density at radius 1 is 0.214 bits per heavy atom. The molecule has 0 N–H and O–H groups in total. The number of hydrogen-bond acceptors (Lipinski definition) is 4. The number of halogens is 8. The van der Waals surface area contributed by atoms with E-state index in [9.17, 15) is 0 Å². The van der Waals surface area contributed by atoms with Crippen LogP contribution in [0.4, 0.5) is 45.5 Å². The number of nitrogens with zero attached hydrogens (tertiary/aromatic N) is 8. The first-order chi connectivity index (χ1) is 32.9. The van der Waals surface area contributed by atoms with E-state index < -0.39 is 0 Å². The van der Waals surface area contributed by atoms with Crippen LogP contribution in [0, 0.1) is 0 Å². The third-order valence-electron chi connectivity index (χ3n) is 8.27. The van der Waals surface area contributed by atoms with Crippen molar-refractivity contribution >= 4 is 164 Å². The minimum absolute atomic E-state index is 0. The van der Waals surface area contributed by atoms with Crippen LogP contribution in [-0.2, 0) is 42.1 Å². The molecule has 0 aliphatic carbocycles. The van der Waals surface area contributed by atoms with Crippen molar-refractivity contribution in [3.8, 4) is 0 Å². The third kappa shape index (κ3) is 24.9. The summed E-state index contributed by atoms with van der Waals surface area (Å²) in [4.78, 5) is 16.7. The summed E-state index contributed by atoms with van der Waals surface area (Å²) in [7, 11) is 0. The predicted molar refractivity (Wildman–Crippen MR) is 296 cm³/mol. The molecule has 0 atom stereocenters. The summed E-state index contributed by atoms with van der Waals surface area (Å²) in [5.41, 5.74) is 6.50. The van der Waals surface area contributed by atoms with E-state index in [0.29, 0.717) is 40.2 Å². The molecule has 0 bridgehead atoms. The first-order valence-electron chi connectivity index (χ1n) is 19.9. The van der Waals surface area contributed by atoms with Crippen molar-refractivity contribution in [1.82, 2.24) is 0 Å². The zero-order chi connectivity index (χ0) is 48.4. The van der Waals surface area contributed by atoms with Crippen LogP contribution in [0.25, 0.3) is 21.3 Å². The van der Waals surface area contributed by atoms with Crippen molar-refractivity contribution < 1.29 is 42.1 Å². The molecule has 8 rings (SSSR count). The summed E-state index contributed by atoms with van der Waals surface area (Å²) in [6.07, 6.45) is 6.03. The van der Waals surface area contributed by atoms with Gasteiger partial charge >= 0.3 is 42.1 Å². The van der Waals surface area contributed by atoms with Crippen LogP contribution in [0.2, 0.25) is 40.2 Å². The Bertz CT molecular complexity index is 2420. The van der Waals surface area contributed by atoms with Crippen LogP contribution in [0.3, 0.4) is 0 Å². The summed E-state index contributed by atoms with van der Waals surface area (Å²) < 4.78 is 0. The fourth-order valence-electron chi connectivity index (χ4n) is 4.87. The van der Waals surface area contributed by atoms with Crippen molar-refractivity contribution in [3.63, 3.8) is 0 Å². The third-order valence-corrected chi connectivity index (χ3v) is 10.3. The Morgan fingerprint density at radius 2 is 0.343 bits per heavy atom. The molecule has 0 radical (unpaired) electrons. The van der Waals surface area contributed by atoms with Crippen LogP contribution in [0.15, 0.2) is 214 Å². The van der Waals surface area contributed by atoms with Crippen LogP contribution >= 0.6 is 92.8 Å². The van der Waals surface area contributed by atoms with Gasteiger partial charge in [0.05, 0.1) is 0 Å². The van der Waals surface area contributed by atoms with E-state index in [1.807, 2.05) is 97.1 Å². The molecule has 0 amide bonds. The molecule has 0 aliphatic rings. The first kappa shape index (κ1) is 59.6. The van der Waals surface area contributed by atoms with Gasteiger partial charge in [-0.1, -0.05) is 215 Å². The van der Waals surface area contributed by atoms with Crippen LogP contribution in [0.5, 0.6) is 0 Å². The molecule has 0 aromatic heterocycles. The monoisotopic (exact) mass is 1250 g/mol. The zero-order valence-electron chi connectivity index (χ0n) is 36.2. The molecule has 352 valence electrons. The molecule has 0 heterocycles. The van der Waals surface area contributed by atoms with E-state index in [-0.39, 0.29) is 42.1 Å². The standard InChI is InChI=1S/4C13H9Cl2N2.2Mo/c4*14-10-1-5-12(6-2-10)16-9-17-13-7-3-11(15)4-8-13;;/h4*1-9H;;/q4*-1;2*+2. The molecule has 0 fully saturated rings. The predicted octanol–water partition coefficient (Wildman–Crippen LogP) is 21.4. The van der Waals surface area contributed by atoms with E-state index in [4.69, 9.17) is 92.8 Å². The summed E-state index contributed by atoms with van der Waals surface area (Å²) >= 11 is 46.1. The van der Waals surface area contributed by atoms with Gasteiger partial charge in [0.1, 0.15) is 0 Å². The van der Waals surface area contributed by atoms with Gasteiger partial charge in [0, 0.05) is 40.2 Å². The molecular formula is C52H36Cl8Mo2N8. The van der Waals surface area contributed by atoms with E-state index >= 15 is 0 Å². The number of hydrogen-bond donors (Lipinski definition) is 0. The Labute approximate surface area is 476 Å². The van der Waals surface area contributed by atoms with Gasteiger partial charge < -0.3 is 41.2 Å². The van der Waals surface area contributed by atoms with Crippen LogP contribution in [-0.4, -0.2) is 25.4 Å². The molecule has 70 heavy (non-hydrogen) atoms. The smallest absolute Gasteiger partial charge is 0.443 e. The second kappa shape index (κ2) is 33.8. The summed E-state index contributed by atoms with van der Waals surface area (Å²) in [5.74, 6) is 0. The zero-order valence-corrected chi connectivity index (χ0v) is 46.3. The number of aliphatic imine (C=N–C) groups is 4. The van der Waals surface area contributed by atoms with Gasteiger partial charge in [-0.3, -0.25) is 0 Å². The van der Waals surface area contributed by atoms with E-state index in [2.05, 4.69) is 41.2 Å². The number of rotatable bonds is 12. The molecule has 0 saturated heterocycles. The van der Waals surface area contributed by atoms with Crippen LogP contribution in [0.1, 0.15) is 0 Å². The summed E-state index contributed by atoms with van der Waals surface area (Å²) in [6, 6.07) is 57.9. The molecule has 18 heteroatoms. The van der Waals surface area contributed by atoms with Crippen molar-refractivity contribution in [2.24, 2.45) is 20.0 Å². The SMILES string of the molecule is Clc1ccc(N=C[N-]c2ccc(Cl)cc2)cc1.Clc1ccc(N=C[N-]c2ccc(Cl)cc2)cc1.Clc1ccc(N=C[N-]c2ccc(Cl)cc2)cc1.Clc1ccc(N=C[N-]c2ccc(Cl)cc2)cc1.[Mo+2].[Mo+2]. The van der Waals surface area contributed by atoms with Crippen LogP contribution < -0.4 is 0 Å². The summed E-state index contributed by atoms with van der Waals surface area (Å²) in [5, 5.41) is 22.3. The Balaban J connectivity index is 0.000000245. The second-order valence-electron chi connectivity index (χ2n) is 13.3. The second-order valence-corrected chi connectivity index (χ2v) is 16.8. The molecule has 8 aromatic carbocycles. The van der Waals surface area contributed by atoms with Gasteiger partial charge in [0.15, 0.2) is 0 Å². The van der Waals surface area contributed by atoms with Gasteiger partial charge in [-0.2, -0.15) is 0 Å². The topological polar surface area (TPSA) is 106 Å². The normalized spacial score (nSPS) is 10.4. The maximum Gasteiger partial charge on any atom is 2.00 e. The average molecular weight is 1250 g/mol. The molecule has 0 saturated carbocycles. The Hall–Kier alpha value is -4.66. The largest absolute Gasteiger partial charge is 2.00 e. The van der Waals surface area contributed by atoms with E-state index in [1.54, 1.807) is 97.1 Å². The van der Waals surface area contributed by atoms with Gasteiger partial charge in [0.2, 0.25) is 0 Å². The fourth-order valence-corrected chi connectivity index (χ4v) is 5.87. The van der Waals surface area contributed by atoms with Crippen molar-refractivity contribution in [3.05, 3.63) is 256 Å². The Morgan fingerprint density at radius 3 is 0.486 bits per heavy atom. The van der Waals surface area contributed by atoms with Gasteiger partial charge in [-0.05, 0) is 143 Å². The molecule has 8 nitrogen and oxygen atoms in total. The van der Waals surface area contributed by atoms with Crippen molar-refractivity contribution in [1.29, 1.82) is 0 Å². The van der Waals surface area contributed by atoms with E-state index in [0.717, 1.165) is 45.5 Å². The molecule has 0 unspecified atom stereocenters. The minimum Gasteiger partial charge on any atom is -0.443 e. The first-order valence-corrected chi connectivity index (χ1v) is 23.0. The van der Waals surface area contributed by atoms with Crippen molar-refractivity contribution in [2.45, 2.75) is 0 Å². The molecule has 0 aliphatic heterocycles. The molecular weight excluding hydrogens is 1210 g/mol. The van der Waals surface area contributed by atoms with Gasteiger partial charge in [0.25, 0.3) is 0 Å².